The largest absolute Gasteiger partial charge is 0.497 e. The number of aromatic nitrogens is 6. The molecule has 0 saturated carbocycles. The van der Waals surface area contributed by atoms with Crippen LogP contribution in [0.15, 0.2) is 67.7 Å². The molecule has 0 aliphatic carbocycles. The molecule has 8 heteroatoms. The third-order valence-corrected chi connectivity index (χ3v) is 5.51. The van der Waals surface area contributed by atoms with Gasteiger partial charge in [-0.25, -0.2) is 9.37 Å². The Kier molecular flexibility index (Phi) is 5.10. The number of allylic oxidation sites excluding steroid dienone is 2. The first-order valence-corrected chi connectivity index (χ1v) is 10.3. The lowest BCUT2D eigenvalue weighted by atomic mass is 9.97. The van der Waals surface area contributed by atoms with Gasteiger partial charge in [0.05, 0.1) is 19.0 Å². The first-order valence-electron chi connectivity index (χ1n) is 10.3. The second-order valence-corrected chi connectivity index (χ2v) is 7.60. The molecule has 3 N–H and O–H groups in total. The molecule has 33 heavy (non-hydrogen) atoms. The third-order valence-electron chi connectivity index (χ3n) is 5.51. The zero-order valence-electron chi connectivity index (χ0n) is 18.1. The normalized spacial score (nSPS) is 11.8. The fourth-order valence-corrected chi connectivity index (χ4v) is 3.94. The van der Waals surface area contributed by atoms with E-state index in [9.17, 15) is 4.39 Å². The van der Waals surface area contributed by atoms with E-state index in [1.807, 2.05) is 31.3 Å². The first kappa shape index (κ1) is 20.4. The molecule has 7 nitrogen and oxygen atoms in total. The molecule has 0 spiro atoms. The summed E-state index contributed by atoms with van der Waals surface area (Å²) in [5.41, 5.74) is 7.45. The van der Waals surface area contributed by atoms with E-state index in [1.165, 1.54) is 19.2 Å². The maximum atomic E-state index is 14.2. The summed E-state index contributed by atoms with van der Waals surface area (Å²) in [5.74, 6) is 0.0772. The Labute approximate surface area is 189 Å². The van der Waals surface area contributed by atoms with Crippen molar-refractivity contribution in [2.45, 2.75) is 6.92 Å². The van der Waals surface area contributed by atoms with Gasteiger partial charge in [0.25, 0.3) is 0 Å². The Morgan fingerprint density at radius 1 is 1.12 bits per heavy atom. The number of methoxy groups -OCH3 is 1. The van der Waals surface area contributed by atoms with Gasteiger partial charge in [-0.3, -0.25) is 10.2 Å². The summed E-state index contributed by atoms with van der Waals surface area (Å²) in [5, 5.41) is 15.2. The van der Waals surface area contributed by atoms with Crippen molar-refractivity contribution in [1.29, 1.82) is 0 Å². The highest BCUT2D eigenvalue weighted by molar-refractivity contribution is 5.94. The van der Waals surface area contributed by atoms with Gasteiger partial charge in [-0.2, -0.15) is 10.2 Å². The van der Waals surface area contributed by atoms with Crippen LogP contribution in [0.3, 0.4) is 0 Å². The SMILES string of the molecule is C=C/C=C(/c1cc(F)cc(OC)c1)c1cc(-c2n[nH]c3ncc(-c4cn[nH]c4)cc23)[nH]c1C. The molecular weight excluding hydrogens is 419 g/mol. The molecule has 4 heterocycles. The lowest BCUT2D eigenvalue weighted by Crippen LogP contribution is -1.92. The highest BCUT2D eigenvalue weighted by Crippen LogP contribution is 2.34. The summed E-state index contributed by atoms with van der Waals surface area (Å²) in [6.07, 6.45) is 8.89. The van der Waals surface area contributed by atoms with Crippen LogP contribution in [0.2, 0.25) is 0 Å². The number of H-pyrrole nitrogens is 3. The average molecular weight is 440 g/mol. The molecule has 0 unspecified atom stereocenters. The molecule has 0 aliphatic heterocycles. The van der Waals surface area contributed by atoms with Crippen LogP contribution in [0, 0.1) is 12.7 Å². The van der Waals surface area contributed by atoms with Crippen molar-refractivity contribution in [1.82, 2.24) is 30.4 Å². The summed E-state index contributed by atoms with van der Waals surface area (Å²) in [7, 11) is 1.52. The fourth-order valence-electron chi connectivity index (χ4n) is 3.94. The lowest BCUT2D eigenvalue weighted by Gasteiger charge is -2.09. The van der Waals surface area contributed by atoms with E-state index >= 15 is 0 Å². The number of nitrogens with zero attached hydrogens (tertiary/aromatic N) is 3. The molecule has 4 aromatic heterocycles. The molecular formula is C25H21FN6O. The number of aryl methyl sites for hydroxylation is 1. The Balaban J connectivity index is 1.62. The van der Waals surface area contributed by atoms with Gasteiger partial charge in [0.1, 0.15) is 17.3 Å². The van der Waals surface area contributed by atoms with Gasteiger partial charge in [-0.05, 0) is 42.3 Å². The molecule has 0 saturated heterocycles. The molecule has 0 radical (unpaired) electrons. The van der Waals surface area contributed by atoms with Crippen molar-refractivity contribution < 1.29 is 9.13 Å². The number of pyridine rings is 1. The third kappa shape index (κ3) is 3.71. The van der Waals surface area contributed by atoms with Gasteiger partial charge >= 0.3 is 0 Å². The number of halogens is 1. The molecule has 0 amide bonds. The van der Waals surface area contributed by atoms with Crippen molar-refractivity contribution in [3.63, 3.8) is 0 Å². The number of rotatable bonds is 6. The summed E-state index contributed by atoms with van der Waals surface area (Å²) in [4.78, 5) is 7.92. The Bertz CT molecular complexity index is 1490. The zero-order chi connectivity index (χ0) is 22.9. The Morgan fingerprint density at radius 2 is 2.00 bits per heavy atom. The molecule has 0 aliphatic rings. The minimum Gasteiger partial charge on any atom is -0.497 e. The van der Waals surface area contributed by atoms with Crippen molar-refractivity contribution in [3.8, 4) is 28.3 Å². The number of aromatic amines is 3. The molecule has 0 bridgehead atoms. The number of hydrogen-bond acceptors (Lipinski definition) is 4. The van der Waals surface area contributed by atoms with Gasteiger partial charge in [-0.15, -0.1) is 0 Å². The highest BCUT2D eigenvalue weighted by atomic mass is 19.1. The first-order chi connectivity index (χ1) is 16.1. The number of benzene rings is 1. The van der Waals surface area contributed by atoms with Crippen LogP contribution in [0.25, 0.3) is 39.1 Å². The predicted octanol–water partition coefficient (Wildman–Crippen LogP) is 5.42. The molecule has 0 atom stereocenters. The standard InChI is InChI=1S/C25H21FN6O/c1-4-5-20(15-6-18(26)9-19(7-15)33-3)21-10-23(30-14(21)2)24-22-8-16(17-12-28-29-13-17)11-27-25(22)32-31-24/h4-13,30H,1H2,2-3H3,(H,28,29)(H,27,31,32)/b20-5-. The quantitative estimate of drug-likeness (QED) is 0.307. The van der Waals surface area contributed by atoms with Crippen molar-refractivity contribution in [2.75, 3.05) is 7.11 Å². The van der Waals surface area contributed by atoms with E-state index in [4.69, 9.17) is 4.74 Å². The fraction of sp³-hybridized carbons (Fsp3) is 0.0800. The summed E-state index contributed by atoms with van der Waals surface area (Å²) in [6.45, 7) is 5.80. The molecule has 5 aromatic rings. The maximum Gasteiger partial charge on any atom is 0.155 e. The second kappa shape index (κ2) is 8.23. The molecule has 0 fully saturated rings. The zero-order valence-corrected chi connectivity index (χ0v) is 18.1. The van der Waals surface area contributed by atoms with Crippen LogP contribution in [0.1, 0.15) is 16.8 Å². The van der Waals surface area contributed by atoms with Crippen molar-refractivity contribution in [3.05, 3.63) is 90.3 Å². The van der Waals surface area contributed by atoms with Gasteiger partial charge < -0.3 is 9.72 Å². The van der Waals surface area contributed by atoms with Crippen LogP contribution >= 0.6 is 0 Å². The number of nitrogens with one attached hydrogen (secondary N) is 3. The molecule has 1 aromatic carbocycles. The van der Waals surface area contributed by atoms with Crippen LogP contribution in [-0.4, -0.2) is 37.5 Å². The summed E-state index contributed by atoms with van der Waals surface area (Å²) >= 11 is 0. The lowest BCUT2D eigenvalue weighted by molar-refractivity contribution is 0.411. The van der Waals surface area contributed by atoms with Gasteiger partial charge in [-0.1, -0.05) is 18.7 Å². The minimum atomic E-state index is -0.371. The minimum absolute atomic E-state index is 0.371. The summed E-state index contributed by atoms with van der Waals surface area (Å²) < 4.78 is 19.5. The van der Waals surface area contributed by atoms with Crippen LogP contribution in [-0.2, 0) is 0 Å². The van der Waals surface area contributed by atoms with E-state index in [-0.39, 0.29) is 5.82 Å². The van der Waals surface area contributed by atoms with Crippen LogP contribution in [0.4, 0.5) is 4.39 Å². The van der Waals surface area contributed by atoms with Crippen molar-refractivity contribution in [2.24, 2.45) is 0 Å². The van der Waals surface area contributed by atoms with Crippen LogP contribution < -0.4 is 4.74 Å². The second-order valence-electron chi connectivity index (χ2n) is 7.60. The van der Waals surface area contributed by atoms with E-state index in [0.29, 0.717) is 17.0 Å². The Hall–Kier alpha value is -4.46. The highest BCUT2D eigenvalue weighted by Gasteiger charge is 2.18. The predicted molar refractivity (Wildman–Crippen MR) is 126 cm³/mol. The molecule has 164 valence electrons. The molecule has 5 rings (SSSR count). The summed E-state index contributed by atoms with van der Waals surface area (Å²) in [6, 6.07) is 8.66. The van der Waals surface area contributed by atoms with E-state index in [1.54, 1.807) is 24.5 Å². The number of ether oxygens (including phenoxy) is 1. The number of fused-ring (bicyclic) bond motifs is 1. The van der Waals surface area contributed by atoms with Crippen LogP contribution in [0.5, 0.6) is 5.75 Å². The van der Waals surface area contributed by atoms with Gasteiger partial charge in [0.2, 0.25) is 0 Å². The Morgan fingerprint density at radius 3 is 2.76 bits per heavy atom. The number of hydrogen-bond donors (Lipinski definition) is 3. The van der Waals surface area contributed by atoms with Crippen molar-refractivity contribution >= 4 is 16.6 Å². The van der Waals surface area contributed by atoms with E-state index < -0.39 is 0 Å². The average Bonchev–Trinajstić information content (AvgIpc) is 3.56. The maximum absolute atomic E-state index is 14.2. The van der Waals surface area contributed by atoms with E-state index in [2.05, 4.69) is 36.9 Å². The van der Waals surface area contributed by atoms with Gasteiger partial charge in [0, 0.05) is 46.2 Å². The topological polar surface area (TPSA) is 95.3 Å². The monoisotopic (exact) mass is 440 g/mol. The smallest absolute Gasteiger partial charge is 0.155 e. The van der Waals surface area contributed by atoms with Gasteiger partial charge in [0.15, 0.2) is 5.65 Å². The van der Waals surface area contributed by atoms with E-state index in [0.717, 1.165) is 44.7 Å².